The maximum absolute atomic E-state index is 13.3. The lowest BCUT2D eigenvalue weighted by molar-refractivity contribution is 0.419. The van der Waals surface area contributed by atoms with Gasteiger partial charge in [-0.2, -0.15) is 0 Å². The summed E-state index contributed by atoms with van der Waals surface area (Å²) in [7, 11) is 0. The number of hydrogen-bond acceptors (Lipinski definition) is 2. The zero-order valence-corrected chi connectivity index (χ0v) is 14.7. The summed E-state index contributed by atoms with van der Waals surface area (Å²) in [5.41, 5.74) is 4.58. The van der Waals surface area contributed by atoms with E-state index in [1.165, 1.54) is 49.9 Å². The van der Waals surface area contributed by atoms with E-state index in [2.05, 4.69) is 34.2 Å². The molecule has 5 rings (SSSR count). The topological polar surface area (TPSA) is 29.9 Å². The number of allylic oxidation sites excluding steroid dienone is 1. The van der Waals surface area contributed by atoms with Gasteiger partial charge in [-0.05, 0) is 54.7 Å². The molecular formula is C22H22FN3. The van der Waals surface area contributed by atoms with Crippen LogP contribution in [0.25, 0.3) is 16.7 Å². The SMILES string of the molecule is Fc1ccc(C2C=C(C3CCCCC3)n3c(nc4ccccc43)N2)cc1. The quantitative estimate of drug-likeness (QED) is 0.638. The van der Waals surface area contributed by atoms with E-state index in [9.17, 15) is 4.39 Å². The molecule has 132 valence electrons. The molecule has 1 fully saturated rings. The minimum atomic E-state index is -0.201. The van der Waals surface area contributed by atoms with Crippen molar-refractivity contribution in [2.75, 3.05) is 5.32 Å². The predicted molar refractivity (Wildman–Crippen MR) is 103 cm³/mol. The van der Waals surface area contributed by atoms with Crippen LogP contribution in [0.3, 0.4) is 0 Å². The summed E-state index contributed by atoms with van der Waals surface area (Å²) in [5.74, 6) is 1.25. The summed E-state index contributed by atoms with van der Waals surface area (Å²) in [6.07, 6.45) is 8.70. The molecule has 0 amide bonds. The van der Waals surface area contributed by atoms with Crippen molar-refractivity contribution in [2.45, 2.75) is 38.1 Å². The Labute approximate surface area is 152 Å². The smallest absolute Gasteiger partial charge is 0.209 e. The molecule has 0 spiro atoms. The minimum Gasteiger partial charge on any atom is -0.345 e. The standard InChI is InChI=1S/C22H22FN3/c23-17-12-10-15(11-13-17)19-14-21(16-6-2-1-3-7-16)26-20-9-5-4-8-18(20)24-22(26)25-19/h4-5,8-14,16,19H,1-3,6-7H2,(H,24,25). The van der Waals surface area contributed by atoms with Crippen LogP contribution in [0.4, 0.5) is 10.3 Å². The van der Waals surface area contributed by atoms with Gasteiger partial charge >= 0.3 is 0 Å². The highest BCUT2D eigenvalue weighted by molar-refractivity contribution is 5.84. The number of aromatic nitrogens is 2. The van der Waals surface area contributed by atoms with Crippen LogP contribution in [-0.2, 0) is 0 Å². The van der Waals surface area contributed by atoms with Crippen LogP contribution in [0.2, 0.25) is 0 Å². The Bertz CT molecular complexity index is 965. The van der Waals surface area contributed by atoms with Crippen molar-refractivity contribution < 1.29 is 4.39 Å². The normalized spacial score (nSPS) is 20.5. The molecule has 1 aliphatic carbocycles. The highest BCUT2D eigenvalue weighted by Gasteiger charge is 2.28. The lowest BCUT2D eigenvalue weighted by Crippen LogP contribution is -2.23. The summed E-state index contributed by atoms with van der Waals surface area (Å²) in [4.78, 5) is 4.83. The fourth-order valence-electron chi connectivity index (χ4n) is 4.38. The molecule has 1 saturated carbocycles. The number of benzene rings is 2. The Balaban J connectivity index is 1.64. The Hall–Kier alpha value is -2.62. The average molecular weight is 347 g/mol. The summed E-state index contributed by atoms with van der Waals surface area (Å²) in [6, 6.07) is 15.1. The van der Waals surface area contributed by atoms with Crippen molar-refractivity contribution in [3.05, 3.63) is 66.0 Å². The van der Waals surface area contributed by atoms with Crippen LogP contribution in [-0.4, -0.2) is 9.55 Å². The molecule has 1 N–H and O–H groups in total. The van der Waals surface area contributed by atoms with E-state index in [0.29, 0.717) is 5.92 Å². The van der Waals surface area contributed by atoms with Gasteiger partial charge in [0.1, 0.15) is 5.82 Å². The van der Waals surface area contributed by atoms with Crippen molar-refractivity contribution in [2.24, 2.45) is 5.92 Å². The fraction of sp³-hybridized carbons (Fsp3) is 0.318. The van der Waals surface area contributed by atoms with Gasteiger partial charge in [0.15, 0.2) is 0 Å². The molecule has 0 bridgehead atoms. The van der Waals surface area contributed by atoms with Gasteiger partial charge < -0.3 is 5.32 Å². The number of rotatable bonds is 2. The van der Waals surface area contributed by atoms with E-state index in [1.807, 2.05) is 18.2 Å². The fourth-order valence-corrected chi connectivity index (χ4v) is 4.38. The Morgan fingerprint density at radius 3 is 2.54 bits per heavy atom. The number of para-hydroxylation sites is 2. The predicted octanol–water partition coefficient (Wildman–Crippen LogP) is 5.76. The molecule has 3 aromatic rings. The van der Waals surface area contributed by atoms with E-state index in [-0.39, 0.29) is 11.9 Å². The largest absolute Gasteiger partial charge is 0.345 e. The number of fused-ring (bicyclic) bond motifs is 3. The van der Waals surface area contributed by atoms with Gasteiger partial charge in [0.05, 0.1) is 17.1 Å². The minimum absolute atomic E-state index is 0.0249. The highest BCUT2D eigenvalue weighted by atomic mass is 19.1. The lowest BCUT2D eigenvalue weighted by Gasteiger charge is -2.32. The molecule has 0 radical (unpaired) electrons. The maximum Gasteiger partial charge on any atom is 0.209 e. The molecule has 1 aliphatic heterocycles. The van der Waals surface area contributed by atoms with Crippen molar-refractivity contribution >= 4 is 22.7 Å². The Kier molecular flexibility index (Phi) is 3.77. The lowest BCUT2D eigenvalue weighted by atomic mass is 9.85. The number of nitrogens with one attached hydrogen (secondary N) is 1. The second kappa shape index (κ2) is 6.27. The van der Waals surface area contributed by atoms with Crippen LogP contribution in [0.1, 0.15) is 43.7 Å². The molecule has 2 aromatic carbocycles. The molecule has 1 atom stereocenters. The number of hydrogen-bond donors (Lipinski definition) is 1. The molecule has 2 aliphatic rings. The zero-order valence-electron chi connectivity index (χ0n) is 14.7. The molecule has 1 aromatic heterocycles. The molecule has 3 nitrogen and oxygen atoms in total. The summed E-state index contributed by atoms with van der Waals surface area (Å²) in [6.45, 7) is 0. The molecule has 4 heteroatoms. The highest BCUT2D eigenvalue weighted by Crippen LogP contribution is 2.41. The van der Waals surface area contributed by atoms with Gasteiger partial charge in [0, 0.05) is 5.70 Å². The van der Waals surface area contributed by atoms with Crippen LogP contribution < -0.4 is 5.32 Å². The molecule has 1 unspecified atom stereocenters. The number of imidazole rings is 1. The average Bonchev–Trinajstić information content (AvgIpc) is 3.07. The Morgan fingerprint density at radius 1 is 0.962 bits per heavy atom. The third-order valence-corrected chi connectivity index (χ3v) is 5.69. The van der Waals surface area contributed by atoms with Gasteiger partial charge in [-0.1, -0.05) is 43.5 Å². The third kappa shape index (κ3) is 2.61. The van der Waals surface area contributed by atoms with Crippen LogP contribution >= 0.6 is 0 Å². The third-order valence-electron chi connectivity index (χ3n) is 5.69. The molecular weight excluding hydrogens is 325 g/mol. The van der Waals surface area contributed by atoms with Gasteiger partial charge in [-0.3, -0.25) is 4.57 Å². The second-order valence-electron chi connectivity index (χ2n) is 7.36. The van der Waals surface area contributed by atoms with Crippen molar-refractivity contribution in [3.63, 3.8) is 0 Å². The summed E-state index contributed by atoms with van der Waals surface area (Å²) < 4.78 is 15.6. The van der Waals surface area contributed by atoms with Gasteiger partial charge in [0.2, 0.25) is 5.95 Å². The maximum atomic E-state index is 13.3. The monoisotopic (exact) mass is 347 g/mol. The number of nitrogens with zero attached hydrogens (tertiary/aromatic N) is 2. The van der Waals surface area contributed by atoms with E-state index in [0.717, 1.165) is 22.5 Å². The molecule has 2 heterocycles. The van der Waals surface area contributed by atoms with Gasteiger partial charge in [-0.15, -0.1) is 0 Å². The molecule has 26 heavy (non-hydrogen) atoms. The summed E-state index contributed by atoms with van der Waals surface area (Å²) in [5, 5.41) is 3.54. The van der Waals surface area contributed by atoms with Crippen LogP contribution in [0.15, 0.2) is 54.6 Å². The van der Waals surface area contributed by atoms with Crippen LogP contribution in [0, 0.1) is 11.7 Å². The summed E-state index contributed by atoms with van der Waals surface area (Å²) >= 11 is 0. The van der Waals surface area contributed by atoms with E-state index < -0.39 is 0 Å². The van der Waals surface area contributed by atoms with Crippen molar-refractivity contribution in [3.8, 4) is 0 Å². The van der Waals surface area contributed by atoms with Gasteiger partial charge in [0.25, 0.3) is 0 Å². The van der Waals surface area contributed by atoms with Crippen molar-refractivity contribution in [1.29, 1.82) is 0 Å². The van der Waals surface area contributed by atoms with Gasteiger partial charge in [-0.25, -0.2) is 9.37 Å². The first kappa shape index (κ1) is 15.6. The van der Waals surface area contributed by atoms with E-state index in [1.54, 1.807) is 0 Å². The zero-order chi connectivity index (χ0) is 17.5. The van der Waals surface area contributed by atoms with E-state index >= 15 is 0 Å². The first-order valence-electron chi connectivity index (χ1n) is 9.51. The second-order valence-corrected chi connectivity index (χ2v) is 7.36. The van der Waals surface area contributed by atoms with Crippen molar-refractivity contribution in [1.82, 2.24) is 9.55 Å². The first-order chi connectivity index (χ1) is 12.8. The first-order valence-corrected chi connectivity index (χ1v) is 9.51. The van der Waals surface area contributed by atoms with Crippen LogP contribution in [0.5, 0.6) is 0 Å². The molecule has 0 saturated heterocycles. The number of anilines is 1. The Morgan fingerprint density at radius 2 is 1.73 bits per heavy atom. The van der Waals surface area contributed by atoms with E-state index in [4.69, 9.17) is 4.98 Å². The number of halogens is 1.